The fourth-order valence-electron chi connectivity index (χ4n) is 3.74. The third-order valence-corrected chi connectivity index (χ3v) is 5.17. The summed E-state index contributed by atoms with van der Waals surface area (Å²) in [4.78, 5) is 20.1. The Hall–Kier alpha value is -1.07. The molecule has 0 spiro atoms. The lowest BCUT2D eigenvalue weighted by Crippen LogP contribution is -2.51. The van der Waals surface area contributed by atoms with Gasteiger partial charge in [0, 0.05) is 6.04 Å². The number of esters is 1. The highest BCUT2D eigenvalue weighted by Gasteiger charge is 2.48. The van der Waals surface area contributed by atoms with Crippen LogP contribution < -0.4 is 5.32 Å². The number of methoxy groups -OCH3 is 1. The van der Waals surface area contributed by atoms with Crippen molar-refractivity contribution < 1.29 is 9.53 Å². The molecule has 3 fully saturated rings. The zero-order chi connectivity index (χ0) is 15.0. The van der Waals surface area contributed by atoms with Crippen LogP contribution in [0.25, 0.3) is 0 Å². The molecule has 0 aromatic carbocycles. The van der Waals surface area contributed by atoms with Gasteiger partial charge < -0.3 is 10.1 Å². The lowest BCUT2D eigenvalue weighted by molar-refractivity contribution is -0.152. The van der Waals surface area contributed by atoms with Gasteiger partial charge in [-0.05, 0) is 49.1 Å². The highest BCUT2D eigenvalue weighted by Crippen LogP contribution is 2.46. The molecule has 3 aliphatic carbocycles. The van der Waals surface area contributed by atoms with Gasteiger partial charge in [0.25, 0.3) is 0 Å². The zero-order valence-corrected chi connectivity index (χ0v) is 13.2. The summed E-state index contributed by atoms with van der Waals surface area (Å²) in [6.07, 6.45) is 5.87. The summed E-state index contributed by atoms with van der Waals surface area (Å²) in [5.41, 5.74) is 0. The Kier molecular flexibility index (Phi) is 4.22. The Bertz CT molecular complexity index is 547. The fourth-order valence-corrected chi connectivity index (χ4v) is 4.02. The minimum atomic E-state index is -0.154. The van der Waals surface area contributed by atoms with Crippen molar-refractivity contribution in [3.63, 3.8) is 0 Å². The quantitative estimate of drug-likeness (QED) is 0.681. The van der Waals surface area contributed by atoms with E-state index < -0.39 is 0 Å². The number of anilines is 1. The van der Waals surface area contributed by atoms with Crippen LogP contribution in [-0.2, 0) is 9.53 Å². The number of ether oxygens (including phenoxy) is 1. The summed E-state index contributed by atoms with van der Waals surface area (Å²) >= 11 is 11.9. The summed E-state index contributed by atoms with van der Waals surface area (Å²) in [5.74, 6) is 0.994. The van der Waals surface area contributed by atoms with Crippen LogP contribution in [-0.4, -0.2) is 29.1 Å². The van der Waals surface area contributed by atoms with Crippen LogP contribution in [0, 0.1) is 17.8 Å². The predicted molar refractivity (Wildman–Crippen MR) is 80.4 cm³/mol. The summed E-state index contributed by atoms with van der Waals surface area (Å²) in [6, 6.07) is -0.00610. The molecule has 0 unspecified atom stereocenters. The van der Waals surface area contributed by atoms with Crippen LogP contribution in [0.5, 0.6) is 0 Å². The normalized spacial score (nSPS) is 31.0. The summed E-state index contributed by atoms with van der Waals surface area (Å²) < 4.78 is 4.99. The number of hydrogen-bond acceptors (Lipinski definition) is 5. The molecule has 5 nitrogen and oxygen atoms in total. The maximum Gasteiger partial charge on any atom is 0.311 e. The van der Waals surface area contributed by atoms with Crippen molar-refractivity contribution >= 4 is 35.0 Å². The zero-order valence-electron chi connectivity index (χ0n) is 11.7. The second-order valence-corrected chi connectivity index (χ2v) is 6.47. The Labute approximate surface area is 133 Å². The highest BCUT2D eigenvalue weighted by molar-refractivity contribution is 6.33. The van der Waals surface area contributed by atoms with Crippen molar-refractivity contribution in [1.29, 1.82) is 0 Å². The molecule has 0 radical (unpaired) electrons. The third kappa shape index (κ3) is 2.81. The smallest absolute Gasteiger partial charge is 0.311 e. The van der Waals surface area contributed by atoms with E-state index in [4.69, 9.17) is 27.9 Å². The van der Waals surface area contributed by atoms with E-state index in [9.17, 15) is 4.79 Å². The van der Waals surface area contributed by atoms with Crippen molar-refractivity contribution in [3.8, 4) is 0 Å². The molecule has 1 N–H and O–H groups in total. The molecule has 114 valence electrons. The molecule has 1 heterocycles. The van der Waals surface area contributed by atoms with E-state index in [1.54, 1.807) is 0 Å². The SMILES string of the molecule is COC(=O)[C@H]1C2CCC(CC2)[C@@H]1Nc1nc(Cl)ncc1Cl. The number of aromatic nitrogens is 2. The van der Waals surface area contributed by atoms with E-state index in [0.29, 0.717) is 22.7 Å². The van der Waals surface area contributed by atoms with Crippen molar-refractivity contribution in [2.45, 2.75) is 31.7 Å². The van der Waals surface area contributed by atoms with Crippen molar-refractivity contribution in [1.82, 2.24) is 9.97 Å². The molecule has 21 heavy (non-hydrogen) atoms. The molecule has 3 aliphatic rings. The number of hydrogen-bond donors (Lipinski definition) is 1. The third-order valence-electron chi connectivity index (χ3n) is 4.71. The topological polar surface area (TPSA) is 64.1 Å². The van der Waals surface area contributed by atoms with E-state index in [1.807, 2.05) is 0 Å². The number of rotatable bonds is 3. The standard InChI is InChI=1S/C14H17Cl2N3O2/c1-21-13(20)10-7-2-4-8(5-3-7)11(10)18-12-9(15)6-17-14(16)19-12/h6-8,10-11H,2-5H2,1H3,(H,17,18,19)/t7?,8?,10-,11-/m0/s1. The second kappa shape index (κ2) is 5.97. The number of carbonyl (C=O) groups excluding carboxylic acids is 1. The van der Waals surface area contributed by atoms with E-state index in [1.165, 1.54) is 13.3 Å². The molecule has 2 atom stereocenters. The van der Waals surface area contributed by atoms with Gasteiger partial charge in [0.05, 0.1) is 19.2 Å². The van der Waals surface area contributed by atoms with Gasteiger partial charge in [0.2, 0.25) is 5.28 Å². The average Bonchev–Trinajstić information content (AvgIpc) is 2.51. The van der Waals surface area contributed by atoms with Crippen LogP contribution in [0.1, 0.15) is 25.7 Å². The van der Waals surface area contributed by atoms with Gasteiger partial charge in [-0.3, -0.25) is 4.79 Å². The van der Waals surface area contributed by atoms with Crippen molar-refractivity contribution in [2.75, 3.05) is 12.4 Å². The van der Waals surface area contributed by atoms with Crippen LogP contribution in [0.3, 0.4) is 0 Å². The number of halogens is 2. The molecule has 4 rings (SSSR count). The molecule has 3 saturated carbocycles. The summed E-state index contributed by atoms with van der Waals surface area (Å²) in [5, 5.41) is 3.86. The Balaban J connectivity index is 1.87. The van der Waals surface area contributed by atoms with Gasteiger partial charge in [0.1, 0.15) is 10.8 Å². The minimum Gasteiger partial charge on any atom is -0.469 e. The van der Waals surface area contributed by atoms with Gasteiger partial charge in [-0.15, -0.1) is 0 Å². The number of carbonyl (C=O) groups is 1. The van der Waals surface area contributed by atoms with Crippen LogP contribution in [0.2, 0.25) is 10.3 Å². The average molecular weight is 330 g/mol. The van der Waals surface area contributed by atoms with Crippen molar-refractivity contribution in [2.24, 2.45) is 17.8 Å². The first-order valence-electron chi connectivity index (χ1n) is 7.12. The monoisotopic (exact) mass is 329 g/mol. The minimum absolute atomic E-state index is 0.00610. The first kappa shape index (κ1) is 14.9. The molecule has 0 saturated heterocycles. The van der Waals surface area contributed by atoms with Gasteiger partial charge in [-0.25, -0.2) is 4.98 Å². The molecular weight excluding hydrogens is 313 g/mol. The number of nitrogens with one attached hydrogen (secondary N) is 1. The lowest BCUT2D eigenvalue weighted by Gasteiger charge is -2.47. The molecule has 0 amide bonds. The molecule has 1 aromatic heterocycles. The first-order valence-corrected chi connectivity index (χ1v) is 7.88. The maximum atomic E-state index is 12.2. The molecule has 0 aliphatic heterocycles. The van der Waals surface area contributed by atoms with Gasteiger partial charge in [0.15, 0.2) is 0 Å². The molecule has 7 heteroatoms. The molecule has 2 bridgehead atoms. The Morgan fingerprint density at radius 3 is 2.62 bits per heavy atom. The summed E-state index contributed by atoms with van der Waals surface area (Å²) in [6.45, 7) is 0. The Morgan fingerprint density at radius 2 is 1.95 bits per heavy atom. The Morgan fingerprint density at radius 1 is 1.29 bits per heavy atom. The van der Waals surface area contributed by atoms with Gasteiger partial charge in [-0.2, -0.15) is 4.98 Å². The van der Waals surface area contributed by atoms with Crippen molar-refractivity contribution in [3.05, 3.63) is 16.5 Å². The van der Waals surface area contributed by atoms with Crippen LogP contribution in [0.15, 0.2) is 6.20 Å². The molecule has 1 aromatic rings. The van der Waals surface area contributed by atoms with Gasteiger partial charge >= 0.3 is 5.97 Å². The number of fused-ring (bicyclic) bond motifs is 3. The molecular formula is C14H17Cl2N3O2. The first-order chi connectivity index (χ1) is 10.1. The fraction of sp³-hybridized carbons (Fsp3) is 0.643. The van der Waals surface area contributed by atoms with E-state index in [2.05, 4.69) is 15.3 Å². The van der Waals surface area contributed by atoms with Crippen LogP contribution in [0.4, 0.5) is 5.82 Å². The number of nitrogens with zero attached hydrogens (tertiary/aromatic N) is 2. The van der Waals surface area contributed by atoms with Crippen LogP contribution >= 0.6 is 23.2 Å². The second-order valence-electron chi connectivity index (χ2n) is 5.73. The maximum absolute atomic E-state index is 12.2. The van der Waals surface area contributed by atoms with Gasteiger partial charge in [-0.1, -0.05) is 11.6 Å². The van der Waals surface area contributed by atoms with E-state index >= 15 is 0 Å². The van der Waals surface area contributed by atoms with E-state index in [0.717, 1.165) is 25.7 Å². The summed E-state index contributed by atoms with van der Waals surface area (Å²) in [7, 11) is 1.44. The predicted octanol–water partition coefficient (Wildman–Crippen LogP) is 3.17. The lowest BCUT2D eigenvalue weighted by atomic mass is 9.61. The van der Waals surface area contributed by atoms with E-state index in [-0.39, 0.29) is 23.2 Å². The highest BCUT2D eigenvalue weighted by atomic mass is 35.5. The largest absolute Gasteiger partial charge is 0.469 e.